The van der Waals surface area contributed by atoms with Crippen LogP contribution in [0, 0.1) is 0 Å². The molecule has 0 heterocycles. The summed E-state index contributed by atoms with van der Waals surface area (Å²) in [7, 11) is 5.53. The highest BCUT2D eigenvalue weighted by atomic mass is 16.6. The second-order valence-electron chi connectivity index (χ2n) is 18.1. The van der Waals surface area contributed by atoms with Gasteiger partial charge < -0.3 is 23.8 Å². The van der Waals surface area contributed by atoms with Crippen molar-refractivity contribution < 1.29 is 38.2 Å². The molecule has 0 aliphatic rings. The Morgan fingerprint density at radius 3 is 1.22 bits per heavy atom. The first-order valence-corrected chi connectivity index (χ1v) is 24.9. The second-order valence-corrected chi connectivity index (χ2v) is 18.1. The minimum absolute atomic E-state index is 0.0533. The lowest BCUT2D eigenvalue weighted by Crippen LogP contribution is -2.50. The molecule has 8 nitrogen and oxygen atoms in total. The number of unbranched alkanes of at least 4 members (excludes halogenated alkanes) is 27. The molecule has 0 aromatic carbocycles. The van der Waals surface area contributed by atoms with E-state index in [1.54, 1.807) is 0 Å². The fraction of sp³-hybridized carbons (Fsp3) is 0.863. The van der Waals surface area contributed by atoms with Crippen molar-refractivity contribution in [3.8, 4) is 0 Å². The van der Waals surface area contributed by atoms with Crippen LogP contribution in [0.1, 0.15) is 232 Å². The van der Waals surface area contributed by atoms with Crippen LogP contribution in [-0.4, -0.2) is 80.6 Å². The number of aliphatic carboxylic acids is 1. The van der Waals surface area contributed by atoms with Gasteiger partial charge in [-0.15, -0.1) is 0 Å². The van der Waals surface area contributed by atoms with Crippen molar-refractivity contribution in [3.05, 3.63) is 24.3 Å². The number of ether oxygens (including phenoxy) is 3. The summed E-state index contributed by atoms with van der Waals surface area (Å²) in [5.74, 6) is -1.47. The number of carboxylic acids is 1. The largest absolute Gasteiger partial charge is 0.477 e. The van der Waals surface area contributed by atoms with E-state index >= 15 is 0 Å². The van der Waals surface area contributed by atoms with Gasteiger partial charge in [0.05, 0.1) is 34.4 Å². The van der Waals surface area contributed by atoms with E-state index in [9.17, 15) is 19.5 Å². The lowest BCUT2D eigenvalue weighted by Gasteiger charge is -2.31. The van der Waals surface area contributed by atoms with Gasteiger partial charge in [-0.25, -0.2) is 4.79 Å². The number of nitrogens with zero attached hydrogens (tertiary/aromatic N) is 1. The highest BCUT2D eigenvalue weighted by Gasteiger charge is 2.31. The Labute approximate surface area is 364 Å². The number of hydrogen-bond acceptors (Lipinski definition) is 6. The third kappa shape index (κ3) is 41.0. The van der Waals surface area contributed by atoms with Crippen LogP contribution in [0.2, 0.25) is 0 Å². The number of likely N-dealkylation sites (N-methyl/N-ethyl adjacent to an activating group) is 1. The molecule has 59 heavy (non-hydrogen) atoms. The topological polar surface area (TPSA) is 99.1 Å². The van der Waals surface area contributed by atoms with Crippen LogP contribution in [0.25, 0.3) is 0 Å². The Balaban J connectivity index is 4.27. The van der Waals surface area contributed by atoms with Gasteiger partial charge in [-0.05, 0) is 64.2 Å². The molecule has 0 aromatic heterocycles. The van der Waals surface area contributed by atoms with E-state index in [-0.39, 0.29) is 36.2 Å². The molecule has 1 N–H and O–H groups in total. The fourth-order valence-electron chi connectivity index (χ4n) is 7.43. The van der Waals surface area contributed by atoms with Crippen molar-refractivity contribution in [3.63, 3.8) is 0 Å². The van der Waals surface area contributed by atoms with E-state index in [1.807, 2.05) is 21.1 Å². The molecule has 0 aliphatic heterocycles. The summed E-state index contributed by atoms with van der Waals surface area (Å²) >= 11 is 0. The summed E-state index contributed by atoms with van der Waals surface area (Å²) in [5.41, 5.74) is 0. The summed E-state index contributed by atoms with van der Waals surface area (Å²) in [5, 5.41) is 9.64. The highest BCUT2D eigenvalue weighted by molar-refractivity contribution is 5.72. The quantitative estimate of drug-likeness (QED) is 0.0282. The van der Waals surface area contributed by atoms with Crippen LogP contribution in [-0.2, 0) is 28.6 Å². The number of hydrogen-bond donors (Lipinski definition) is 1. The first-order chi connectivity index (χ1) is 28.6. The van der Waals surface area contributed by atoms with Crippen LogP contribution in [0.3, 0.4) is 0 Å². The average Bonchev–Trinajstić information content (AvgIpc) is 3.19. The SMILES string of the molecule is CCCCCCCCC/C=C/CCCCCCCC(=O)OC(COCCC(C(=O)O)[N+](C)(C)C)COC(=O)CCCCCCCCC/C=C/CCCCCCCCCC. The molecule has 0 bridgehead atoms. The van der Waals surface area contributed by atoms with E-state index in [0.29, 0.717) is 19.3 Å². The first kappa shape index (κ1) is 56.8. The highest BCUT2D eigenvalue weighted by Crippen LogP contribution is 2.15. The third-order valence-electron chi connectivity index (χ3n) is 11.3. The Hall–Kier alpha value is -2.19. The fourth-order valence-corrected chi connectivity index (χ4v) is 7.43. The van der Waals surface area contributed by atoms with Gasteiger partial charge >= 0.3 is 17.9 Å². The van der Waals surface area contributed by atoms with Crippen LogP contribution in [0.4, 0.5) is 0 Å². The third-order valence-corrected chi connectivity index (χ3v) is 11.3. The number of quaternary nitrogens is 1. The first-order valence-electron chi connectivity index (χ1n) is 24.9. The maximum Gasteiger partial charge on any atom is 0.362 e. The zero-order valence-corrected chi connectivity index (χ0v) is 39.5. The number of rotatable bonds is 45. The molecule has 0 radical (unpaired) electrons. The van der Waals surface area contributed by atoms with Crippen molar-refractivity contribution in [2.45, 2.75) is 244 Å². The summed E-state index contributed by atoms with van der Waals surface area (Å²) in [6, 6.07) is -0.615. The predicted molar refractivity (Wildman–Crippen MR) is 248 cm³/mol. The molecule has 0 fully saturated rings. The maximum atomic E-state index is 12.8. The maximum absolute atomic E-state index is 12.8. The molecule has 0 aromatic rings. The zero-order valence-electron chi connectivity index (χ0n) is 39.5. The van der Waals surface area contributed by atoms with Crippen LogP contribution >= 0.6 is 0 Å². The summed E-state index contributed by atoms with van der Waals surface area (Å²) < 4.78 is 17.3. The minimum atomic E-state index is -0.875. The molecular formula is C51H96NO7+. The van der Waals surface area contributed by atoms with E-state index < -0.39 is 18.1 Å². The standard InChI is InChI=1S/C51H95NO7/c1-6-8-10-12-14-16-18-20-22-24-25-26-28-29-31-33-35-37-39-41-49(53)58-46-47(45-57-44-43-48(51(55)56)52(3,4)5)59-50(54)42-40-38-36-34-32-30-27-23-21-19-17-15-13-11-9-7-2/h23-25,27,47-48H,6-22,26,28-46H2,1-5H3/p+1/b25-24+,27-23+. The van der Waals surface area contributed by atoms with Gasteiger partial charge in [-0.1, -0.05) is 173 Å². The molecule has 0 saturated carbocycles. The summed E-state index contributed by atoms with van der Waals surface area (Å²) in [6.45, 7) is 4.75. The van der Waals surface area contributed by atoms with Crippen molar-refractivity contribution in [2.75, 3.05) is 41.0 Å². The summed E-state index contributed by atoms with van der Waals surface area (Å²) in [4.78, 5) is 37.1. The van der Waals surface area contributed by atoms with Gasteiger partial charge in [0.25, 0.3) is 0 Å². The van der Waals surface area contributed by atoms with Crippen molar-refractivity contribution in [1.29, 1.82) is 0 Å². The number of carbonyl (C=O) groups excluding carboxylic acids is 2. The van der Waals surface area contributed by atoms with Crippen LogP contribution in [0.5, 0.6) is 0 Å². The Morgan fingerprint density at radius 1 is 0.492 bits per heavy atom. The van der Waals surface area contributed by atoms with Gasteiger partial charge in [-0.2, -0.15) is 0 Å². The molecule has 0 rings (SSSR count). The van der Waals surface area contributed by atoms with Gasteiger partial charge in [0.15, 0.2) is 12.1 Å². The van der Waals surface area contributed by atoms with E-state index in [2.05, 4.69) is 38.2 Å². The molecule has 2 unspecified atom stereocenters. The molecule has 0 amide bonds. The number of carbonyl (C=O) groups is 3. The molecule has 0 aliphatic carbocycles. The lowest BCUT2D eigenvalue weighted by molar-refractivity contribution is -0.887. The van der Waals surface area contributed by atoms with Gasteiger partial charge in [0.1, 0.15) is 6.61 Å². The van der Waals surface area contributed by atoms with Gasteiger partial charge in [0.2, 0.25) is 0 Å². The summed E-state index contributed by atoms with van der Waals surface area (Å²) in [6.07, 6.45) is 47.9. The van der Waals surface area contributed by atoms with Crippen LogP contribution in [0.15, 0.2) is 24.3 Å². The monoisotopic (exact) mass is 835 g/mol. The predicted octanol–water partition coefficient (Wildman–Crippen LogP) is 14.0. The molecular weight excluding hydrogens is 739 g/mol. The molecule has 8 heteroatoms. The minimum Gasteiger partial charge on any atom is -0.477 e. The molecule has 346 valence electrons. The van der Waals surface area contributed by atoms with Gasteiger partial charge in [-0.3, -0.25) is 9.59 Å². The number of carboxylic acid groups (broad SMARTS) is 1. The Kier molecular flexibility index (Phi) is 40.9. The Morgan fingerprint density at radius 2 is 0.847 bits per heavy atom. The molecule has 2 atom stereocenters. The molecule has 0 spiro atoms. The van der Waals surface area contributed by atoms with E-state index in [1.165, 1.54) is 148 Å². The lowest BCUT2D eigenvalue weighted by atomic mass is 10.1. The normalized spacial score (nSPS) is 13.0. The van der Waals surface area contributed by atoms with Crippen molar-refractivity contribution in [1.82, 2.24) is 0 Å². The number of esters is 2. The van der Waals surface area contributed by atoms with E-state index in [0.717, 1.165) is 51.4 Å². The van der Waals surface area contributed by atoms with E-state index in [4.69, 9.17) is 14.2 Å². The van der Waals surface area contributed by atoms with Crippen LogP contribution < -0.4 is 0 Å². The Bertz CT molecular complexity index is 1020. The number of allylic oxidation sites excluding steroid dienone is 4. The average molecular weight is 835 g/mol. The molecule has 0 saturated heterocycles. The zero-order chi connectivity index (χ0) is 43.5. The van der Waals surface area contributed by atoms with Crippen molar-refractivity contribution >= 4 is 17.9 Å². The van der Waals surface area contributed by atoms with Gasteiger partial charge in [0, 0.05) is 19.3 Å². The smallest absolute Gasteiger partial charge is 0.362 e. The van der Waals surface area contributed by atoms with Crippen molar-refractivity contribution in [2.24, 2.45) is 0 Å². The second kappa shape index (κ2) is 42.5.